The molecule has 48 valence electrons. The van der Waals surface area contributed by atoms with Crippen molar-refractivity contribution < 1.29 is 10.0 Å². The zero-order valence-corrected chi connectivity index (χ0v) is 4.50. The van der Waals surface area contributed by atoms with Crippen LogP contribution >= 0.6 is 0 Å². The van der Waals surface area contributed by atoms with Gasteiger partial charge in [-0.1, -0.05) is 0 Å². The van der Waals surface area contributed by atoms with E-state index in [0.717, 1.165) is 0 Å². The van der Waals surface area contributed by atoms with Gasteiger partial charge in [0.05, 0.1) is 0 Å². The lowest BCUT2D eigenvalue weighted by molar-refractivity contribution is -0.487. The van der Waals surface area contributed by atoms with Crippen molar-refractivity contribution in [3.8, 4) is 0 Å². The molecule has 0 saturated heterocycles. The predicted molar refractivity (Wildman–Crippen MR) is 26.7 cm³/mol. The Morgan fingerprint density at radius 1 is 2.00 bits per heavy atom. The average molecular weight is 120 g/mol. The van der Waals surface area contributed by atoms with Crippen LogP contribution in [0.4, 0.5) is 0 Å². The van der Waals surface area contributed by atoms with Gasteiger partial charge < -0.3 is 5.11 Å². The van der Waals surface area contributed by atoms with Gasteiger partial charge in [0.25, 0.3) is 6.67 Å². The maximum absolute atomic E-state index is 9.54. The van der Waals surface area contributed by atoms with Crippen LogP contribution in [0.2, 0.25) is 0 Å². The standard InChI is InChI=1S/C3H8N2O3/c1-3(6)4-2-5(7)8/h3-4,6H,2H2,1H3. The van der Waals surface area contributed by atoms with Gasteiger partial charge in [0.15, 0.2) is 0 Å². The van der Waals surface area contributed by atoms with Crippen molar-refractivity contribution in [2.75, 3.05) is 6.67 Å². The molecule has 5 nitrogen and oxygen atoms in total. The van der Waals surface area contributed by atoms with E-state index in [1.54, 1.807) is 0 Å². The van der Waals surface area contributed by atoms with Crippen molar-refractivity contribution in [1.29, 1.82) is 0 Å². The molecule has 0 fully saturated rings. The van der Waals surface area contributed by atoms with Gasteiger partial charge >= 0.3 is 0 Å². The molecule has 0 aliphatic rings. The zero-order valence-electron chi connectivity index (χ0n) is 4.50. The van der Waals surface area contributed by atoms with Crippen molar-refractivity contribution in [3.63, 3.8) is 0 Å². The molecule has 1 atom stereocenters. The highest BCUT2D eigenvalue weighted by Crippen LogP contribution is 1.69. The molecule has 0 heterocycles. The fourth-order valence-corrected chi connectivity index (χ4v) is 0.207. The third-order valence-corrected chi connectivity index (χ3v) is 0.516. The molecule has 0 saturated carbocycles. The third kappa shape index (κ3) is 5.32. The summed E-state index contributed by atoms with van der Waals surface area (Å²) in [6, 6.07) is 0. The fraction of sp³-hybridized carbons (Fsp3) is 1.00. The van der Waals surface area contributed by atoms with Gasteiger partial charge in [0, 0.05) is 4.92 Å². The first kappa shape index (κ1) is 7.32. The second kappa shape index (κ2) is 3.34. The molecule has 0 rings (SSSR count). The highest BCUT2D eigenvalue weighted by atomic mass is 16.6. The first-order valence-electron chi connectivity index (χ1n) is 2.16. The summed E-state index contributed by atoms with van der Waals surface area (Å²) < 4.78 is 0. The second-order valence-electron chi connectivity index (χ2n) is 1.37. The van der Waals surface area contributed by atoms with E-state index in [1.807, 2.05) is 0 Å². The molecular weight excluding hydrogens is 112 g/mol. The van der Waals surface area contributed by atoms with Crippen molar-refractivity contribution in [3.05, 3.63) is 10.1 Å². The van der Waals surface area contributed by atoms with Crippen LogP contribution < -0.4 is 5.32 Å². The molecule has 2 N–H and O–H groups in total. The molecule has 1 unspecified atom stereocenters. The van der Waals surface area contributed by atoms with Crippen LogP contribution in [-0.4, -0.2) is 22.9 Å². The summed E-state index contributed by atoms with van der Waals surface area (Å²) in [6.45, 7) is 1.03. The van der Waals surface area contributed by atoms with E-state index in [1.165, 1.54) is 6.92 Å². The number of nitrogens with zero attached hydrogens (tertiary/aromatic N) is 1. The molecule has 0 aromatic carbocycles. The van der Waals surface area contributed by atoms with Crippen LogP contribution in [-0.2, 0) is 0 Å². The Hall–Kier alpha value is -0.680. The Morgan fingerprint density at radius 2 is 2.50 bits per heavy atom. The van der Waals surface area contributed by atoms with Crippen molar-refractivity contribution in [2.45, 2.75) is 13.2 Å². The van der Waals surface area contributed by atoms with E-state index < -0.39 is 17.8 Å². The molecule has 0 amide bonds. The lowest BCUT2D eigenvalue weighted by atomic mass is 10.7. The molecule has 0 aromatic rings. The Kier molecular flexibility index (Phi) is 3.05. The van der Waals surface area contributed by atoms with E-state index >= 15 is 0 Å². The van der Waals surface area contributed by atoms with E-state index in [9.17, 15) is 10.1 Å². The summed E-state index contributed by atoms with van der Waals surface area (Å²) in [5.41, 5.74) is 0. The normalized spacial score (nSPS) is 13.2. The monoisotopic (exact) mass is 120 g/mol. The fourth-order valence-electron chi connectivity index (χ4n) is 0.207. The average Bonchev–Trinajstić information content (AvgIpc) is 1.61. The quantitative estimate of drug-likeness (QED) is 0.289. The minimum atomic E-state index is -0.805. The van der Waals surface area contributed by atoms with Crippen LogP contribution in [0.25, 0.3) is 0 Å². The summed E-state index contributed by atoms with van der Waals surface area (Å²) in [5.74, 6) is 0. The van der Waals surface area contributed by atoms with Gasteiger partial charge in [-0.25, -0.2) is 5.32 Å². The Labute approximate surface area is 46.5 Å². The minimum absolute atomic E-state index is 0.391. The molecule has 0 bridgehead atoms. The second-order valence-corrected chi connectivity index (χ2v) is 1.37. The maximum atomic E-state index is 9.54. The number of aliphatic hydroxyl groups is 1. The molecule has 0 spiro atoms. The maximum Gasteiger partial charge on any atom is 0.258 e. The molecule has 0 aromatic heterocycles. The topological polar surface area (TPSA) is 75.4 Å². The SMILES string of the molecule is CC(O)NC[N+](=O)[O-]. The smallest absolute Gasteiger partial charge is 0.258 e. The molecule has 0 aliphatic heterocycles. The largest absolute Gasteiger partial charge is 0.379 e. The summed E-state index contributed by atoms with van der Waals surface area (Å²) in [5, 5.41) is 20.1. The van der Waals surface area contributed by atoms with Gasteiger partial charge in [0.2, 0.25) is 0 Å². The highest BCUT2D eigenvalue weighted by Gasteiger charge is 1.96. The van der Waals surface area contributed by atoms with Crippen LogP contribution in [0.1, 0.15) is 6.92 Å². The zero-order chi connectivity index (χ0) is 6.57. The van der Waals surface area contributed by atoms with Gasteiger partial charge in [-0.3, -0.25) is 10.1 Å². The lowest BCUT2D eigenvalue weighted by Crippen LogP contribution is -2.30. The van der Waals surface area contributed by atoms with Gasteiger partial charge in [0.1, 0.15) is 6.23 Å². The molecular formula is C3H8N2O3. The number of hydrogen-bond acceptors (Lipinski definition) is 4. The molecule has 0 radical (unpaired) electrons. The summed E-state index contributed by atoms with van der Waals surface area (Å²) in [7, 11) is 0. The lowest BCUT2D eigenvalue weighted by Gasteiger charge is -1.99. The number of nitrogens with one attached hydrogen (secondary N) is 1. The Bertz CT molecular complexity index is 82.6. The minimum Gasteiger partial charge on any atom is -0.379 e. The van der Waals surface area contributed by atoms with Gasteiger partial charge in [-0.2, -0.15) is 0 Å². The van der Waals surface area contributed by atoms with Crippen molar-refractivity contribution >= 4 is 0 Å². The predicted octanol–water partition coefficient (Wildman–Crippen LogP) is -0.852. The van der Waals surface area contributed by atoms with Crippen LogP contribution in [0.3, 0.4) is 0 Å². The van der Waals surface area contributed by atoms with E-state index in [4.69, 9.17) is 5.11 Å². The first-order valence-corrected chi connectivity index (χ1v) is 2.16. The molecule has 0 aliphatic carbocycles. The summed E-state index contributed by atoms with van der Waals surface area (Å²) in [6.07, 6.45) is -0.805. The van der Waals surface area contributed by atoms with Crippen LogP contribution in [0.15, 0.2) is 0 Å². The Balaban J connectivity index is 3.05. The number of nitro groups is 1. The summed E-state index contributed by atoms with van der Waals surface area (Å²) in [4.78, 5) is 8.99. The van der Waals surface area contributed by atoms with E-state index in [2.05, 4.69) is 5.32 Å². The number of rotatable bonds is 3. The third-order valence-electron chi connectivity index (χ3n) is 0.516. The van der Waals surface area contributed by atoms with E-state index in [0.29, 0.717) is 0 Å². The summed E-state index contributed by atoms with van der Waals surface area (Å²) >= 11 is 0. The Morgan fingerprint density at radius 3 is 2.62 bits per heavy atom. The van der Waals surface area contributed by atoms with Gasteiger partial charge in [-0.05, 0) is 6.92 Å². The van der Waals surface area contributed by atoms with Crippen LogP contribution in [0.5, 0.6) is 0 Å². The first-order chi connectivity index (χ1) is 3.63. The number of hydrogen-bond donors (Lipinski definition) is 2. The number of aliphatic hydroxyl groups excluding tert-OH is 1. The molecule has 8 heavy (non-hydrogen) atoms. The highest BCUT2D eigenvalue weighted by molar-refractivity contribution is 4.33. The van der Waals surface area contributed by atoms with Crippen molar-refractivity contribution in [1.82, 2.24) is 5.32 Å². The van der Waals surface area contributed by atoms with Crippen molar-refractivity contribution in [2.24, 2.45) is 0 Å². The van der Waals surface area contributed by atoms with Crippen LogP contribution in [0, 0.1) is 10.1 Å². The molecule has 5 heteroatoms. The van der Waals surface area contributed by atoms with Gasteiger partial charge in [-0.15, -0.1) is 0 Å². The van der Waals surface area contributed by atoms with E-state index in [-0.39, 0.29) is 0 Å².